The van der Waals surface area contributed by atoms with Crippen LogP contribution in [-0.4, -0.2) is 18.3 Å². The van der Waals surface area contributed by atoms with Crippen LogP contribution in [0.25, 0.3) is 0 Å². The summed E-state index contributed by atoms with van der Waals surface area (Å²) >= 11 is 0. The lowest BCUT2D eigenvalue weighted by atomic mass is 10.3. The van der Waals surface area contributed by atoms with E-state index in [1.165, 1.54) is 6.08 Å². The van der Waals surface area contributed by atoms with Gasteiger partial charge in [-0.05, 0) is 19.1 Å². The van der Waals surface area contributed by atoms with Crippen LogP contribution in [0.1, 0.15) is 6.92 Å². The third kappa shape index (κ3) is 2.21. The van der Waals surface area contributed by atoms with Crippen LogP contribution in [0, 0.1) is 0 Å². The average molecular weight is 219 g/mol. The molecule has 1 saturated carbocycles. The van der Waals surface area contributed by atoms with Crippen molar-refractivity contribution < 1.29 is 4.39 Å². The van der Waals surface area contributed by atoms with Crippen LogP contribution >= 0.6 is 0 Å². The molecule has 2 aliphatic rings. The zero-order valence-electron chi connectivity index (χ0n) is 9.07. The minimum atomic E-state index is 0.279. The van der Waals surface area contributed by atoms with Crippen LogP contribution < -0.4 is 11.1 Å². The van der Waals surface area contributed by atoms with E-state index in [2.05, 4.69) is 17.2 Å². The molecule has 1 heterocycles. The molecular formula is C12H14FN3. The Kier molecular flexibility index (Phi) is 2.90. The second kappa shape index (κ2) is 4.35. The first-order valence-corrected chi connectivity index (χ1v) is 5.19. The SMILES string of the molecule is CC1CNC=C2C(=N1)/C2=C/C=C(N)\C=C\F. The number of fused-ring (bicyclic) bond motifs is 1. The minimum absolute atomic E-state index is 0.279. The molecule has 84 valence electrons. The van der Waals surface area contributed by atoms with Crippen LogP contribution in [0.4, 0.5) is 4.39 Å². The molecule has 0 aromatic rings. The molecule has 3 nitrogen and oxygen atoms in total. The summed E-state index contributed by atoms with van der Waals surface area (Å²) in [5, 5.41) is 3.19. The number of halogens is 1. The highest BCUT2D eigenvalue weighted by atomic mass is 19.1. The quantitative estimate of drug-likeness (QED) is 0.693. The maximum Gasteiger partial charge on any atom is 0.0887 e. The maximum absolute atomic E-state index is 11.8. The molecule has 0 radical (unpaired) electrons. The van der Waals surface area contributed by atoms with Crippen molar-refractivity contribution in [3.63, 3.8) is 0 Å². The number of hydrogen-bond acceptors (Lipinski definition) is 3. The number of allylic oxidation sites excluding steroid dienone is 5. The predicted molar refractivity (Wildman–Crippen MR) is 63.6 cm³/mol. The molecule has 0 saturated heterocycles. The van der Waals surface area contributed by atoms with Gasteiger partial charge >= 0.3 is 0 Å². The van der Waals surface area contributed by atoms with E-state index in [0.29, 0.717) is 12.0 Å². The predicted octanol–water partition coefficient (Wildman–Crippen LogP) is 1.57. The lowest BCUT2D eigenvalue weighted by Crippen LogP contribution is -2.17. The van der Waals surface area contributed by atoms with Crippen LogP contribution in [0.3, 0.4) is 0 Å². The van der Waals surface area contributed by atoms with Crippen molar-refractivity contribution in [3.05, 3.63) is 47.6 Å². The molecular weight excluding hydrogens is 205 g/mol. The number of nitrogens with two attached hydrogens (primary N) is 1. The van der Waals surface area contributed by atoms with E-state index >= 15 is 0 Å². The van der Waals surface area contributed by atoms with Gasteiger partial charge in [-0.1, -0.05) is 6.08 Å². The summed E-state index contributed by atoms with van der Waals surface area (Å²) in [6, 6.07) is 0.279. The molecule has 0 aromatic heterocycles. The number of aliphatic imine (C=N–C) groups is 1. The lowest BCUT2D eigenvalue weighted by molar-refractivity contribution is 0.695. The number of nitrogens with zero attached hydrogens (tertiary/aromatic N) is 1. The molecule has 1 unspecified atom stereocenters. The van der Waals surface area contributed by atoms with Gasteiger partial charge in [-0.2, -0.15) is 0 Å². The molecule has 1 aliphatic carbocycles. The van der Waals surface area contributed by atoms with E-state index < -0.39 is 0 Å². The van der Waals surface area contributed by atoms with Gasteiger partial charge < -0.3 is 11.1 Å². The maximum atomic E-state index is 11.8. The van der Waals surface area contributed by atoms with Gasteiger partial charge in [-0.15, -0.1) is 0 Å². The summed E-state index contributed by atoms with van der Waals surface area (Å²) in [4.78, 5) is 4.51. The fourth-order valence-corrected chi connectivity index (χ4v) is 1.57. The zero-order chi connectivity index (χ0) is 11.5. The van der Waals surface area contributed by atoms with E-state index in [-0.39, 0.29) is 6.04 Å². The van der Waals surface area contributed by atoms with Gasteiger partial charge in [0, 0.05) is 29.6 Å². The van der Waals surface area contributed by atoms with Crippen molar-refractivity contribution in [1.29, 1.82) is 0 Å². The molecule has 0 aromatic carbocycles. The molecule has 1 fully saturated rings. The summed E-state index contributed by atoms with van der Waals surface area (Å²) in [5.41, 5.74) is 9.14. The van der Waals surface area contributed by atoms with Gasteiger partial charge in [0.2, 0.25) is 0 Å². The largest absolute Gasteiger partial charge is 0.399 e. The highest BCUT2D eigenvalue weighted by Crippen LogP contribution is 2.34. The van der Waals surface area contributed by atoms with Crippen molar-refractivity contribution in [2.24, 2.45) is 10.7 Å². The highest BCUT2D eigenvalue weighted by molar-refractivity contribution is 6.36. The van der Waals surface area contributed by atoms with Crippen molar-refractivity contribution in [2.45, 2.75) is 13.0 Å². The summed E-state index contributed by atoms with van der Waals surface area (Å²) in [6.07, 6.45) is 7.14. The van der Waals surface area contributed by atoms with Gasteiger partial charge in [-0.3, -0.25) is 4.99 Å². The smallest absolute Gasteiger partial charge is 0.0887 e. The molecule has 16 heavy (non-hydrogen) atoms. The highest BCUT2D eigenvalue weighted by Gasteiger charge is 2.33. The Hall–Kier alpha value is -1.84. The van der Waals surface area contributed by atoms with Gasteiger partial charge in [-0.25, -0.2) is 4.39 Å². The van der Waals surface area contributed by atoms with Gasteiger partial charge in [0.1, 0.15) is 0 Å². The third-order valence-corrected chi connectivity index (χ3v) is 2.44. The molecule has 3 N–H and O–H groups in total. The number of hydrogen-bond donors (Lipinski definition) is 2. The Labute approximate surface area is 93.9 Å². The summed E-state index contributed by atoms with van der Waals surface area (Å²) in [6.45, 7) is 2.92. The average Bonchev–Trinajstić information content (AvgIpc) is 2.90. The van der Waals surface area contributed by atoms with Crippen molar-refractivity contribution in [2.75, 3.05) is 6.54 Å². The Morgan fingerprint density at radius 3 is 3.25 bits per heavy atom. The van der Waals surface area contributed by atoms with E-state index in [0.717, 1.165) is 23.4 Å². The normalized spacial score (nSPS) is 27.0. The first-order chi connectivity index (χ1) is 7.72. The molecule has 4 heteroatoms. The van der Waals surface area contributed by atoms with Crippen LogP contribution in [0.2, 0.25) is 0 Å². The van der Waals surface area contributed by atoms with Crippen LogP contribution in [0.5, 0.6) is 0 Å². The fraction of sp³-hybridized carbons (Fsp3) is 0.250. The third-order valence-electron chi connectivity index (χ3n) is 2.44. The molecule has 0 bridgehead atoms. The lowest BCUT2D eigenvalue weighted by Gasteiger charge is -2.02. The Bertz CT molecular complexity index is 441. The van der Waals surface area contributed by atoms with E-state index in [1.54, 1.807) is 6.08 Å². The fourth-order valence-electron chi connectivity index (χ4n) is 1.57. The van der Waals surface area contributed by atoms with Crippen molar-refractivity contribution in [1.82, 2.24) is 5.32 Å². The molecule has 0 spiro atoms. The molecule has 1 atom stereocenters. The summed E-state index contributed by atoms with van der Waals surface area (Å²) in [7, 11) is 0. The van der Waals surface area contributed by atoms with Crippen molar-refractivity contribution in [3.8, 4) is 0 Å². The topological polar surface area (TPSA) is 50.4 Å². The molecule has 1 aliphatic heterocycles. The summed E-state index contributed by atoms with van der Waals surface area (Å²) < 4.78 is 11.8. The second-order valence-corrected chi connectivity index (χ2v) is 3.83. The van der Waals surface area contributed by atoms with E-state index in [9.17, 15) is 4.39 Å². The first-order valence-electron chi connectivity index (χ1n) is 5.19. The number of rotatable bonds is 2. The Morgan fingerprint density at radius 1 is 1.69 bits per heavy atom. The zero-order valence-corrected chi connectivity index (χ0v) is 9.07. The van der Waals surface area contributed by atoms with Gasteiger partial charge in [0.25, 0.3) is 0 Å². The standard InChI is InChI=1S/C12H14FN3/c1-8-6-15-7-11-10(12(11)16-8)3-2-9(14)4-5-13/h2-5,7-8,15H,6,14H2,1H3/b5-4+,9-2+,10-3+. The monoisotopic (exact) mass is 219 g/mol. The molecule has 2 rings (SSSR count). The van der Waals surface area contributed by atoms with Gasteiger partial charge in [0.15, 0.2) is 0 Å². The van der Waals surface area contributed by atoms with E-state index in [4.69, 9.17) is 5.73 Å². The molecule has 0 amide bonds. The van der Waals surface area contributed by atoms with Crippen LogP contribution in [0.15, 0.2) is 52.6 Å². The van der Waals surface area contributed by atoms with Crippen LogP contribution in [-0.2, 0) is 0 Å². The van der Waals surface area contributed by atoms with Crippen molar-refractivity contribution >= 4 is 5.71 Å². The summed E-state index contributed by atoms with van der Waals surface area (Å²) in [5.74, 6) is 0. The Balaban J connectivity index is 2.15. The van der Waals surface area contributed by atoms with E-state index in [1.807, 2.05) is 12.3 Å². The van der Waals surface area contributed by atoms with Gasteiger partial charge in [0.05, 0.1) is 18.1 Å². The minimum Gasteiger partial charge on any atom is -0.399 e. The first kappa shape index (κ1) is 10.7. The Morgan fingerprint density at radius 2 is 2.50 bits per heavy atom. The number of nitrogens with one attached hydrogen (secondary N) is 1. The second-order valence-electron chi connectivity index (χ2n) is 3.83.